The Morgan fingerprint density at radius 2 is 0.645 bits per heavy atom. The van der Waals surface area contributed by atoms with Gasteiger partial charge >= 0.3 is 0 Å². The van der Waals surface area contributed by atoms with E-state index in [1.807, 2.05) is 0 Å². The van der Waals surface area contributed by atoms with E-state index in [1.54, 1.807) is 0 Å². The summed E-state index contributed by atoms with van der Waals surface area (Å²) in [7, 11) is 0. The lowest BCUT2D eigenvalue weighted by molar-refractivity contribution is 0.590. The normalized spacial score (nSPS) is 12.7. The van der Waals surface area contributed by atoms with Crippen LogP contribution in [-0.2, 0) is 10.8 Å². The monoisotopic (exact) mass is 800 g/mol. The minimum Gasteiger partial charge on any atom is -0.0622 e. The maximum absolute atomic E-state index is 2.30. The average molecular weight is 801 g/mol. The number of hydrogen-bond donors (Lipinski definition) is 0. The minimum absolute atomic E-state index is 0.115. The lowest BCUT2D eigenvalue weighted by Crippen LogP contribution is -2.10. The molecular formula is C62H56. The van der Waals surface area contributed by atoms with Gasteiger partial charge in [-0.15, -0.1) is 0 Å². The molecule has 0 heteroatoms. The first-order valence-electron chi connectivity index (χ1n) is 21.8. The van der Waals surface area contributed by atoms with Gasteiger partial charge in [-0.1, -0.05) is 260 Å². The molecule has 0 radical (unpaired) electrons. The SMILES string of the molecule is CC(C)(C)c1ccc(/C(=C\c2ccc(/C=C\c3cccc4cccc(/C=C\c5ccc(/C=C(/c6ccccc6)c6ccc(C(C)(C)C)cc6)cc5)c34)cc2)c2ccccc2)cc1. The molecule has 0 nitrogen and oxygen atoms in total. The predicted molar refractivity (Wildman–Crippen MR) is 272 cm³/mol. The zero-order valence-corrected chi connectivity index (χ0v) is 36.9. The highest BCUT2D eigenvalue weighted by molar-refractivity contribution is 6.00. The Hall–Kier alpha value is -7.02. The van der Waals surface area contributed by atoms with Crippen LogP contribution in [0.4, 0.5) is 0 Å². The van der Waals surface area contributed by atoms with E-state index < -0.39 is 0 Å². The van der Waals surface area contributed by atoms with Gasteiger partial charge in [0.2, 0.25) is 0 Å². The molecule has 0 saturated heterocycles. The first kappa shape index (κ1) is 41.7. The molecule has 0 aliphatic carbocycles. The summed E-state index contributed by atoms with van der Waals surface area (Å²) in [5.74, 6) is 0. The van der Waals surface area contributed by atoms with Crippen LogP contribution >= 0.6 is 0 Å². The fraction of sp³-hybridized carbons (Fsp3) is 0.129. The van der Waals surface area contributed by atoms with Crippen molar-refractivity contribution in [3.05, 3.63) is 261 Å². The first-order chi connectivity index (χ1) is 30.0. The molecule has 0 spiro atoms. The fourth-order valence-electron chi connectivity index (χ4n) is 7.99. The van der Waals surface area contributed by atoms with Crippen molar-refractivity contribution >= 4 is 58.4 Å². The molecule has 0 N–H and O–H groups in total. The van der Waals surface area contributed by atoms with E-state index in [0.29, 0.717) is 0 Å². The van der Waals surface area contributed by atoms with Crippen LogP contribution in [0, 0.1) is 0 Å². The quantitative estimate of drug-likeness (QED) is 0.121. The van der Waals surface area contributed by atoms with Gasteiger partial charge in [-0.3, -0.25) is 0 Å². The summed E-state index contributed by atoms with van der Waals surface area (Å²) in [6.07, 6.45) is 13.5. The lowest BCUT2D eigenvalue weighted by Gasteiger charge is -2.19. The maximum Gasteiger partial charge on any atom is -0.00389 e. The third kappa shape index (κ3) is 10.1. The smallest absolute Gasteiger partial charge is 0.00389 e. The molecule has 0 saturated carbocycles. The maximum atomic E-state index is 2.30. The average Bonchev–Trinajstić information content (AvgIpc) is 3.29. The number of rotatable bonds is 10. The molecule has 8 rings (SSSR count). The highest BCUT2D eigenvalue weighted by atomic mass is 14.2. The Kier molecular flexibility index (Phi) is 12.3. The van der Waals surface area contributed by atoms with Gasteiger partial charge in [0.25, 0.3) is 0 Å². The molecule has 0 atom stereocenters. The molecule has 0 bridgehead atoms. The zero-order valence-electron chi connectivity index (χ0n) is 36.9. The molecule has 0 aliphatic heterocycles. The van der Waals surface area contributed by atoms with E-state index >= 15 is 0 Å². The van der Waals surface area contributed by atoms with Crippen LogP contribution in [0.3, 0.4) is 0 Å². The van der Waals surface area contributed by atoms with E-state index in [4.69, 9.17) is 0 Å². The minimum atomic E-state index is 0.115. The number of fused-ring (bicyclic) bond motifs is 1. The Morgan fingerprint density at radius 3 is 1.00 bits per heavy atom. The van der Waals surface area contributed by atoms with Gasteiger partial charge in [0.1, 0.15) is 0 Å². The topological polar surface area (TPSA) is 0 Å². The van der Waals surface area contributed by atoms with E-state index in [-0.39, 0.29) is 10.8 Å². The van der Waals surface area contributed by atoms with Crippen molar-refractivity contribution in [1.29, 1.82) is 0 Å². The number of benzene rings is 8. The van der Waals surface area contributed by atoms with E-state index in [2.05, 4.69) is 272 Å². The summed E-state index contributed by atoms with van der Waals surface area (Å²) in [5, 5.41) is 2.47. The van der Waals surface area contributed by atoms with E-state index in [0.717, 1.165) is 11.1 Å². The molecular weight excluding hydrogens is 745 g/mol. The highest BCUT2D eigenvalue weighted by Crippen LogP contribution is 2.32. The van der Waals surface area contributed by atoms with E-state index in [1.165, 1.54) is 77.6 Å². The lowest BCUT2D eigenvalue weighted by atomic mass is 9.85. The molecule has 0 amide bonds. The first-order valence-corrected chi connectivity index (χ1v) is 21.8. The molecule has 304 valence electrons. The van der Waals surface area contributed by atoms with Crippen LogP contribution in [0.25, 0.3) is 58.4 Å². The van der Waals surface area contributed by atoms with Crippen molar-refractivity contribution in [2.75, 3.05) is 0 Å². The second-order valence-corrected chi connectivity index (χ2v) is 18.3. The Balaban J connectivity index is 1.03. The van der Waals surface area contributed by atoms with Crippen molar-refractivity contribution in [3.8, 4) is 0 Å². The van der Waals surface area contributed by atoms with Crippen molar-refractivity contribution in [2.45, 2.75) is 52.4 Å². The molecule has 0 unspecified atom stereocenters. The predicted octanol–water partition coefficient (Wildman–Crippen LogP) is 17.0. The fourth-order valence-corrected chi connectivity index (χ4v) is 7.99. The molecule has 0 fully saturated rings. The zero-order chi connectivity index (χ0) is 43.1. The van der Waals surface area contributed by atoms with Gasteiger partial charge in [0.15, 0.2) is 0 Å². The molecule has 0 aromatic heterocycles. The van der Waals surface area contributed by atoms with Gasteiger partial charge in [0.05, 0.1) is 0 Å². The molecule has 8 aromatic carbocycles. The van der Waals surface area contributed by atoms with Gasteiger partial charge < -0.3 is 0 Å². The molecule has 62 heavy (non-hydrogen) atoms. The summed E-state index contributed by atoms with van der Waals surface area (Å²) >= 11 is 0. The van der Waals surface area contributed by atoms with Crippen LogP contribution in [0.1, 0.15) is 108 Å². The van der Waals surface area contributed by atoms with Crippen LogP contribution in [0.5, 0.6) is 0 Å². The third-order valence-corrected chi connectivity index (χ3v) is 11.7. The Bertz CT molecular complexity index is 2670. The number of hydrogen-bond acceptors (Lipinski definition) is 0. The Labute approximate surface area is 370 Å². The molecule has 8 aromatic rings. The third-order valence-electron chi connectivity index (χ3n) is 11.7. The van der Waals surface area contributed by atoms with Crippen molar-refractivity contribution in [2.24, 2.45) is 0 Å². The summed E-state index contributed by atoms with van der Waals surface area (Å²) in [6.45, 7) is 13.6. The van der Waals surface area contributed by atoms with Crippen molar-refractivity contribution < 1.29 is 0 Å². The molecule has 0 heterocycles. The van der Waals surface area contributed by atoms with Gasteiger partial charge in [-0.05, 0) is 112 Å². The summed E-state index contributed by atoms with van der Waals surface area (Å²) in [6, 6.07) is 70.3. The van der Waals surface area contributed by atoms with Crippen molar-refractivity contribution in [1.82, 2.24) is 0 Å². The molecule has 0 aliphatic rings. The van der Waals surface area contributed by atoms with Crippen LogP contribution in [0.15, 0.2) is 194 Å². The van der Waals surface area contributed by atoms with E-state index in [9.17, 15) is 0 Å². The van der Waals surface area contributed by atoms with Crippen LogP contribution in [0.2, 0.25) is 0 Å². The van der Waals surface area contributed by atoms with Gasteiger partial charge in [-0.2, -0.15) is 0 Å². The van der Waals surface area contributed by atoms with Gasteiger partial charge in [0, 0.05) is 0 Å². The Morgan fingerprint density at radius 1 is 0.306 bits per heavy atom. The van der Waals surface area contributed by atoms with Crippen molar-refractivity contribution in [3.63, 3.8) is 0 Å². The standard InChI is InChI=1S/C62H56/c1-61(2,3)56-39-35-51(36-40-56)58(49-15-9-7-10-16-49)43-47-27-23-45(24-28-47)31-33-54-21-13-19-53-20-14-22-55(60(53)54)34-32-46-25-29-48(30-26-46)44-59(50-17-11-8-12-18-50)52-37-41-57(42-38-52)62(4,5)6/h7-44H,1-6H3/b33-31-,34-32-,58-43-,59-44-. The van der Waals surface area contributed by atoms with Crippen LogP contribution < -0.4 is 0 Å². The summed E-state index contributed by atoms with van der Waals surface area (Å²) in [5.41, 5.74) is 17.2. The second kappa shape index (κ2) is 18.3. The largest absolute Gasteiger partial charge is 0.0622 e. The van der Waals surface area contributed by atoms with Crippen LogP contribution in [-0.4, -0.2) is 0 Å². The second-order valence-electron chi connectivity index (χ2n) is 18.3. The highest BCUT2D eigenvalue weighted by Gasteiger charge is 2.16. The summed E-state index contributed by atoms with van der Waals surface area (Å²) < 4.78 is 0. The van der Waals surface area contributed by atoms with Gasteiger partial charge in [-0.25, -0.2) is 0 Å². The summed E-state index contributed by atoms with van der Waals surface area (Å²) in [4.78, 5) is 0.